The van der Waals surface area contributed by atoms with Crippen molar-refractivity contribution >= 4 is 50.0 Å². The Morgan fingerprint density at radius 1 is 1.35 bits per heavy atom. The Balaban J connectivity index is 1.77. The Morgan fingerprint density at radius 3 is 2.85 bits per heavy atom. The fraction of sp³-hybridized carbons (Fsp3) is 0.375. The summed E-state index contributed by atoms with van der Waals surface area (Å²) in [5.74, 6) is -1.04. The normalized spacial score (nSPS) is 20.9. The second-order valence-electron chi connectivity index (χ2n) is 6.01. The number of carbonyl (C=O) groups is 1. The van der Waals surface area contributed by atoms with Crippen molar-refractivity contribution in [3.05, 3.63) is 34.6 Å². The van der Waals surface area contributed by atoms with Crippen LogP contribution >= 0.6 is 23.2 Å². The average molecular weight is 419 g/mol. The Hall–Kier alpha value is -1.45. The minimum absolute atomic E-state index is 0.0715. The fourth-order valence-electron chi connectivity index (χ4n) is 2.76. The van der Waals surface area contributed by atoms with Crippen LogP contribution in [0.3, 0.4) is 0 Å². The van der Waals surface area contributed by atoms with Crippen molar-refractivity contribution in [1.29, 1.82) is 0 Å². The molecular formula is C16H16Cl2N2O5S. The predicted octanol–water partition coefficient (Wildman–Crippen LogP) is 3.09. The third-order valence-corrected chi connectivity index (χ3v) is 5.92. The van der Waals surface area contributed by atoms with Gasteiger partial charge in [-0.15, -0.1) is 0 Å². The van der Waals surface area contributed by atoms with Gasteiger partial charge in [0.1, 0.15) is 5.15 Å². The first-order valence-corrected chi connectivity index (χ1v) is 10.1. The van der Waals surface area contributed by atoms with Gasteiger partial charge in [-0.1, -0.05) is 29.3 Å². The van der Waals surface area contributed by atoms with E-state index in [0.717, 1.165) is 0 Å². The Kier molecular flexibility index (Phi) is 5.69. The van der Waals surface area contributed by atoms with Gasteiger partial charge >= 0.3 is 5.97 Å². The van der Waals surface area contributed by atoms with Crippen LogP contribution in [0.25, 0.3) is 10.8 Å². The molecule has 1 saturated heterocycles. The van der Waals surface area contributed by atoms with Crippen molar-refractivity contribution < 1.29 is 22.8 Å². The van der Waals surface area contributed by atoms with Gasteiger partial charge in [-0.3, -0.25) is 4.79 Å². The van der Waals surface area contributed by atoms with Crippen molar-refractivity contribution in [2.24, 2.45) is 5.92 Å². The number of halogens is 2. The third-order valence-electron chi connectivity index (χ3n) is 4.14. The molecule has 0 bridgehead atoms. The molecule has 10 heteroatoms. The molecule has 0 saturated carbocycles. The highest BCUT2D eigenvalue weighted by Gasteiger charge is 2.28. The lowest BCUT2D eigenvalue weighted by molar-refractivity contribution is -0.157. The molecule has 1 aromatic heterocycles. The van der Waals surface area contributed by atoms with E-state index in [-0.39, 0.29) is 16.2 Å². The number of nitrogens with one attached hydrogen (secondary N) is 1. The van der Waals surface area contributed by atoms with Gasteiger partial charge in [0.25, 0.3) is 10.0 Å². The summed E-state index contributed by atoms with van der Waals surface area (Å²) >= 11 is 12.0. The molecular weight excluding hydrogens is 403 g/mol. The number of hydrogen-bond donors (Lipinski definition) is 1. The number of sulfonamides is 1. The SMILES string of the molecule is CC1CC(C(=O)ONS(=O)(=O)c2ccc3c(Cl)cnc(Cl)c3c2)CCO1. The zero-order chi connectivity index (χ0) is 18.9. The Morgan fingerprint density at radius 2 is 2.12 bits per heavy atom. The summed E-state index contributed by atoms with van der Waals surface area (Å²) in [5, 5.41) is 1.42. The maximum Gasteiger partial charge on any atom is 0.329 e. The van der Waals surface area contributed by atoms with E-state index in [1.54, 1.807) is 0 Å². The molecule has 2 unspecified atom stereocenters. The molecule has 0 radical (unpaired) electrons. The second kappa shape index (κ2) is 7.66. The van der Waals surface area contributed by atoms with E-state index in [1.165, 1.54) is 24.4 Å². The van der Waals surface area contributed by atoms with Crippen molar-refractivity contribution in [2.45, 2.75) is 30.8 Å². The van der Waals surface area contributed by atoms with Crippen LogP contribution in [-0.2, 0) is 24.4 Å². The van der Waals surface area contributed by atoms with Gasteiger partial charge in [0.05, 0.1) is 21.9 Å². The number of aromatic nitrogens is 1. The zero-order valence-corrected chi connectivity index (χ0v) is 16.1. The van der Waals surface area contributed by atoms with Crippen LogP contribution in [0.4, 0.5) is 0 Å². The minimum Gasteiger partial charge on any atom is -0.378 e. The van der Waals surface area contributed by atoms with Gasteiger partial charge in [0, 0.05) is 23.6 Å². The molecule has 1 aliphatic heterocycles. The van der Waals surface area contributed by atoms with Crippen molar-refractivity contribution in [1.82, 2.24) is 9.87 Å². The van der Waals surface area contributed by atoms with E-state index in [0.29, 0.717) is 35.2 Å². The molecule has 0 aliphatic carbocycles. The molecule has 1 aromatic carbocycles. The van der Waals surface area contributed by atoms with Gasteiger partial charge in [-0.05, 0) is 36.8 Å². The van der Waals surface area contributed by atoms with Crippen molar-refractivity contribution in [3.8, 4) is 0 Å². The molecule has 2 aromatic rings. The molecule has 0 amide bonds. The number of fused-ring (bicyclic) bond motifs is 1. The van der Waals surface area contributed by atoms with E-state index in [4.69, 9.17) is 32.8 Å². The fourth-order valence-corrected chi connectivity index (χ4v) is 3.99. The van der Waals surface area contributed by atoms with E-state index < -0.39 is 21.9 Å². The lowest BCUT2D eigenvalue weighted by atomic mass is 9.97. The summed E-state index contributed by atoms with van der Waals surface area (Å²) in [6.45, 7) is 2.28. The van der Waals surface area contributed by atoms with E-state index in [2.05, 4.69) is 4.98 Å². The molecule has 1 N–H and O–H groups in total. The van der Waals surface area contributed by atoms with E-state index in [1.807, 2.05) is 11.8 Å². The average Bonchev–Trinajstić information content (AvgIpc) is 2.62. The smallest absolute Gasteiger partial charge is 0.329 e. The molecule has 7 nitrogen and oxygen atoms in total. The number of rotatable bonds is 4. The monoisotopic (exact) mass is 418 g/mol. The van der Waals surface area contributed by atoms with Crippen LogP contribution in [0.15, 0.2) is 29.3 Å². The van der Waals surface area contributed by atoms with Crippen LogP contribution in [0, 0.1) is 5.92 Å². The molecule has 2 heterocycles. The van der Waals surface area contributed by atoms with Crippen LogP contribution in [0.5, 0.6) is 0 Å². The molecule has 1 aliphatic rings. The highest BCUT2D eigenvalue weighted by molar-refractivity contribution is 7.89. The number of benzene rings is 1. The summed E-state index contributed by atoms with van der Waals surface area (Å²) in [5.41, 5.74) is 0. The van der Waals surface area contributed by atoms with Crippen molar-refractivity contribution in [3.63, 3.8) is 0 Å². The quantitative estimate of drug-likeness (QED) is 0.605. The first-order valence-electron chi connectivity index (χ1n) is 7.86. The highest BCUT2D eigenvalue weighted by atomic mass is 35.5. The molecule has 26 heavy (non-hydrogen) atoms. The lowest BCUT2D eigenvalue weighted by Gasteiger charge is -2.25. The van der Waals surface area contributed by atoms with Gasteiger partial charge in [-0.25, -0.2) is 13.4 Å². The summed E-state index contributed by atoms with van der Waals surface area (Å²) in [6, 6.07) is 4.18. The summed E-state index contributed by atoms with van der Waals surface area (Å²) < 4.78 is 30.2. The highest BCUT2D eigenvalue weighted by Crippen LogP contribution is 2.29. The van der Waals surface area contributed by atoms with E-state index >= 15 is 0 Å². The first-order chi connectivity index (χ1) is 12.3. The predicted molar refractivity (Wildman–Crippen MR) is 96.3 cm³/mol. The zero-order valence-electron chi connectivity index (χ0n) is 13.7. The topological polar surface area (TPSA) is 94.6 Å². The van der Waals surface area contributed by atoms with Gasteiger partial charge in [0.2, 0.25) is 0 Å². The molecule has 0 spiro atoms. The summed E-state index contributed by atoms with van der Waals surface area (Å²) in [7, 11) is -4.08. The molecule has 1 fully saturated rings. The van der Waals surface area contributed by atoms with Crippen LogP contribution in [0.1, 0.15) is 19.8 Å². The maximum absolute atomic E-state index is 12.4. The minimum atomic E-state index is -4.08. The number of nitrogens with zero attached hydrogens (tertiary/aromatic N) is 1. The summed E-state index contributed by atoms with van der Waals surface area (Å²) in [6.07, 6.45) is 2.28. The largest absolute Gasteiger partial charge is 0.378 e. The van der Waals surface area contributed by atoms with Gasteiger partial charge in [0.15, 0.2) is 0 Å². The maximum atomic E-state index is 12.4. The molecule has 3 rings (SSSR count). The lowest BCUT2D eigenvalue weighted by Crippen LogP contribution is -2.35. The summed E-state index contributed by atoms with van der Waals surface area (Å²) in [4.78, 5) is 22.5. The Bertz CT molecular complexity index is 951. The van der Waals surface area contributed by atoms with Crippen LogP contribution < -0.4 is 4.89 Å². The molecule has 2 atom stereocenters. The van der Waals surface area contributed by atoms with Gasteiger partial charge < -0.3 is 9.57 Å². The van der Waals surface area contributed by atoms with E-state index in [9.17, 15) is 13.2 Å². The van der Waals surface area contributed by atoms with Crippen molar-refractivity contribution in [2.75, 3.05) is 6.61 Å². The van der Waals surface area contributed by atoms with Crippen LogP contribution in [0.2, 0.25) is 10.2 Å². The standard InChI is InChI=1S/C16H16Cl2N2O5S/c1-9-6-10(4-5-24-9)16(21)25-20-26(22,23)11-2-3-12-13(7-11)15(18)19-8-14(12)17/h2-3,7-10,20H,4-6H2,1H3. The third kappa shape index (κ3) is 4.10. The Labute approximate surface area is 160 Å². The number of ether oxygens (including phenoxy) is 1. The number of carbonyl (C=O) groups excluding carboxylic acids is 1. The number of hydrogen-bond acceptors (Lipinski definition) is 6. The molecule has 140 valence electrons. The first kappa shape index (κ1) is 19.3. The number of pyridine rings is 1. The van der Waals surface area contributed by atoms with Gasteiger partial charge in [-0.2, -0.15) is 0 Å². The van der Waals surface area contributed by atoms with Crippen LogP contribution in [-0.4, -0.2) is 32.1 Å². The second-order valence-corrected chi connectivity index (χ2v) is 8.43.